The Kier molecular flexibility index (Phi) is 9.20. The second kappa shape index (κ2) is 12.1. The topological polar surface area (TPSA) is 118 Å². The molecule has 0 spiro atoms. The molecule has 188 valence electrons. The van der Waals surface area contributed by atoms with Crippen molar-refractivity contribution in [2.75, 3.05) is 24.8 Å². The van der Waals surface area contributed by atoms with Gasteiger partial charge in [0.05, 0.1) is 46.2 Å². The van der Waals surface area contributed by atoms with E-state index in [0.29, 0.717) is 17.9 Å². The molecule has 8 nitrogen and oxygen atoms in total. The molecule has 12 heteroatoms. The average molecular weight is 552 g/mol. The number of nitrogens with one attached hydrogen (secondary N) is 2. The maximum Gasteiger partial charge on any atom is 0.319 e. The maximum atomic E-state index is 13.1. The van der Waals surface area contributed by atoms with Crippen LogP contribution in [0.2, 0.25) is 10.0 Å². The van der Waals surface area contributed by atoms with Crippen LogP contribution in [0, 0.1) is 23.1 Å². The molecular formula is C24H20Cl2FN3O5S. The van der Waals surface area contributed by atoms with Crippen molar-refractivity contribution in [3.8, 4) is 11.8 Å². The largest absolute Gasteiger partial charge is 0.491 e. The lowest BCUT2D eigenvalue weighted by molar-refractivity contribution is -0.150. The standard InChI is InChI=1S/C24H20Cl2FN3O5S/c1-3-35-21-16(25)8-12(9-17(21)26)19-15(10-28)23(30-22(32)20(19)24(33)34-2)36-11-18(31)29-14-6-4-13(27)5-7-14/h4-9,19-20H,3,11H2,1-2H3,(H,29,31)(H,30,32)/t19-,20-/m0/s1. The zero-order valence-corrected chi connectivity index (χ0v) is 21.4. The Morgan fingerprint density at radius 1 is 1.22 bits per heavy atom. The zero-order valence-electron chi connectivity index (χ0n) is 19.1. The lowest BCUT2D eigenvalue weighted by atomic mass is 9.78. The minimum absolute atomic E-state index is 0.0286. The third-order valence-electron chi connectivity index (χ3n) is 5.13. The minimum Gasteiger partial charge on any atom is -0.491 e. The van der Waals surface area contributed by atoms with Crippen LogP contribution in [-0.4, -0.2) is 37.3 Å². The summed E-state index contributed by atoms with van der Waals surface area (Å²) in [6.45, 7) is 2.06. The van der Waals surface area contributed by atoms with Crippen molar-refractivity contribution >= 4 is 58.4 Å². The molecule has 0 radical (unpaired) electrons. The van der Waals surface area contributed by atoms with E-state index in [9.17, 15) is 24.0 Å². The summed E-state index contributed by atoms with van der Waals surface area (Å²) in [5.74, 6) is -4.90. The van der Waals surface area contributed by atoms with Gasteiger partial charge in [0.15, 0.2) is 5.75 Å². The molecule has 1 heterocycles. The third-order valence-corrected chi connectivity index (χ3v) is 6.71. The van der Waals surface area contributed by atoms with Gasteiger partial charge < -0.3 is 20.1 Å². The van der Waals surface area contributed by atoms with Crippen LogP contribution in [0.4, 0.5) is 10.1 Å². The monoisotopic (exact) mass is 551 g/mol. The van der Waals surface area contributed by atoms with E-state index in [4.69, 9.17) is 32.7 Å². The summed E-state index contributed by atoms with van der Waals surface area (Å²) in [5.41, 5.74) is 0.733. The first-order valence-corrected chi connectivity index (χ1v) is 12.3. The summed E-state index contributed by atoms with van der Waals surface area (Å²) in [5, 5.41) is 15.5. The number of halogens is 3. The Morgan fingerprint density at radius 3 is 2.42 bits per heavy atom. The van der Waals surface area contributed by atoms with Crippen LogP contribution < -0.4 is 15.4 Å². The molecule has 0 saturated heterocycles. The summed E-state index contributed by atoms with van der Waals surface area (Å²) >= 11 is 13.6. The number of thioether (sulfide) groups is 1. The summed E-state index contributed by atoms with van der Waals surface area (Å²) in [6, 6.07) is 10.2. The highest BCUT2D eigenvalue weighted by molar-refractivity contribution is 8.03. The Labute approximate surface area is 220 Å². The van der Waals surface area contributed by atoms with Crippen LogP contribution in [0.5, 0.6) is 5.75 Å². The number of esters is 1. The van der Waals surface area contributed by atoms with Crippen molar-refractivity contribution in [2.24, 2.45) is 5.92 Å². The van der Waals surface area contributed by atoms with Gasteiger partial charge in [-0.2, -0.15) is 5.26 Å². The van der Waals surface area contributed by atoms with Gasteiger partial charge in [0.1, 0.15) is 11.7 Å². The molecule has 36 heavy (non-hydrogen) atoms. The van der Waals surface area contributed by atoms with E-state index in [0.717, 1.165) is 18.9 Å². The van der Waals surface area contributed by atoms with Gasteiger partial charge in [0.2, 0.25) is 11.8 Å². The van der Waals surface area contributed by atoms with Crippen LogP contribution in [-0.2, 0) is 19.1 Å². The number of rotatable bonds is 8. The fraction of sp³-hybridized carbons (Fsp3) is 0.250. The van der Waals surface area contributed by atoms with Gasteiger partial charge in [-0.25, -0.2) is 4.39 Å². The molecule has 0 bridgehead atoms. The van der Waals surface area contributed by atoms with E-state index >= 15 is 0 Å². The molecule has 0 aliphatic carbocycles. The molecule has 2 aromatic rings. The fourth-order valence-corrected chi connectivity index (χ4v) is 5.05. The molecule has 2 atom stereocenters. The fourth-order valence-electron chi connectivity index (χ4n) is 3.59. The first-order chi connectivity index (χ1) is 17.2. The molecule has 1 aliphatic rings. The van der Waals surface area contributed by atoms with E-state index in [1.165, 1.54) is 36.4 Å². The first kappa shape index (κ1) is 27.3. The number of hydrogen-bond acceptors (Lipinski definition) is 7. The number of nitrogens with zero attached hydrogens (tertiary/aromatic N) is 1. The summed E-state index contributed by atoms with van der Waals surface area (Å²) in [4.78, 5) is 37.9. The van der Waals surface area contributed by atoms with Crippen molar-refractivity contribution < 1.29 is 28.2 Å². The van der Waals surface area contributed by atoms with E-state index in [1.807, 2.05) is 6.07 Å². The average Bonchev–Trinajstić information content (AvgIpc) is 2.85. The maximum absolute atomic E-state index is 13.1. The molecule has 1 aliphatic heterocycles. The smallest absolute Gasteiger partial charge is 0.319 e. The molecule has 0 fully saturated rings. The second-order valence-electron chi connectivity index (χ2n) is 7.41. The molecule has 0 saturated carbocycles. The van der Waals surface area contributed by atoms with E-state index < -0.39 is 35.4 Å². The van der Waals surface area contributed by atoms with Gasteiger partial charge in [-0.1, -0.05) is 35.0 Å². The number of methoxy groups -OCH3 is 1. The molecule has 2 aromatic carbocycles. The zero-order chi connectivity index (χ0) is 26.4. The van der Waals surface area contributed by atoms with Crippen LogP contribution in [0.3, 0.4) is 0 Å². The lowest BCUT2D eigenvalue weighted by Crippen LogP contribution is -2.44. The number of ether oxygens (including phenoxy) is 2. The van der Waals surface area contributed by atoms with E-state index in [1.54, 1.807) is 6.92 Å². The van der Waals surface area contributed by atoms with E-state index in [2.05, 4.69) is 10.6 Å². The summed E-state index contributed by atoms with van der Waals surface area (Å²) in [7, 11) is 1.13. The molecular weight excluding hydrogens is 532 g/mol. The number of amides is 2. The number of anilines is 1. The number of carbonyl (C=O) groups excluding carboxylic acids is 3. The SMILES string of the molecule is CCOc1c(Cl)cc([C@H]2C(C#N)=C(SCC(=O)Nc3ccc(F)cc3)NC(=O)[C@H]2C(=O)OC)cc1Cl. The van der Waals surface area contributed by atoms with Crippen molar-refractivity contribution in [1.82, 2.24) is 5.32 Å². The predicted molar refractivity (Wildman–Crippen MR) is 134 cm³/mol. The molecule has 2 amide bonds. The normalized spacial score (nSPS) is 17.2. The predicted octanol–water partition coefficient (Wildman–Crippen LogP) is 4.64. The summed E-state index contributed by atoms with van der Waals surface area (Å²) in [6.07, 6.45) is 0. The lowest BCUT2D eigenvalue weighted by Gasteiger charge is -2.31. The van der Waals surface area contributed by atoms with Crippen molar-refractivity contribution in [3.63, 3.8) is 0 Å². The van der Waals surface area contributed by atoms with Gasteiger partial charge in [-0.3, -0.25) is 14.4 Å². The van der Waals surface area contributed by atoms with E-state index in [-0.39, 0.29) is 32.1 Å². The van der Waals surface area contributed by atoms with Crippen LogP contribution in [0.1, 0.15) is 18.4 Å². The van der Waals surface area contributed by atoms with Gasteiger partial charge in [-0.05, 0) is 48.9 Å². The highest BCUT2D eigenvalue weighted by atomic mass is 35.5. The van der Waals surface area contributed by atoms with Gasteiger partial charge >= 0.3 is 5.97 Å². The number of allylic oxidation sites excluding steroid dienone is 1. The molecule has 2 N–H and O–H groups in total. The van der Waals surface area contributed by atoms with Gasteiger partial charge in [-0.15, -0.1) is 0 Å². The van der Waals surface area contributed by atoms with Crippen molar-refractivity contribution in [1.29, 1.82) is 5.26 Å². The molecule has 3 rings (SSSR count). The quantitative estimate of drug-likeness (QED) is 0.362. The highest BCUT2D eigenvalue weighted by Gasteiger charge is 2.44. The highest BCUT2D eigenvalue weighted by Crippen LogP contribution is 2.44. The van der Waals surface area contributed by atoms with Gasteiger partial charge in [0.25, 0.3) is 0 Å². The number of benzene rings is 2. The Balaban J connectivity index is 1.96. The Hall–Kier alpha value is -3.26. The second-order valence-corrected chi connectivity index (χ2v) is 9.21. The van der Waals surface area contributed by atoms with Crippen molar-refractivity contribution in [3.05, 3.63) is 68.4 Å². The van der Waals surface area contributed by atoms with Crippen LogP contribution in [0.15, 0.2) is 47.0 Å². The Bertz CT molecular complexity index is 1240. The van der Waals surface area contributed by atoms with Crippen LogP contribution in [0.25, 0.3) is 0 Å². The summed E-state index contributed by atoms with van der Waals surface area (Å²) < 4.78 is 23.3. The van der Waals surface area contributed by atoms with Gasteiger partial charge in [0, 0.05) is 11.6 Å². The minimum atomic E-state index is -1.40. The number of nitriles is 1. The van der Waals surface area contributed by atoms with Crippen molar-refractivity contribution in [2.45, 2.75) is 12.8 Å². The third kappa shape index (κ3) is 6.10. The molecule has 0 unspecified atom stereocenters. The molecule has 0 aromatic heterocycles. The number of hydrogen-bond donors (Lipinski definition) is 2. The first-order valence-electron chi connectivity index (χ1n) is 10.5. The Morgan fingerprint density at radius 2 is 1.86 bits per heavy atom. The van der Waals surface area contributed by atoms with Crippen LogP contribution >= 0.6 is 35.0 Å². The number of carbonyl (C=O) groups is 3.